The summed E-state index contributed by atoms with van der Waals surface area (Å²) in [6.07, 6.45) is 4.66. The average Bonchev–Trinajstić information content (AvgIpc) is 2.86. The quantitative estimate of drug-likeness (QED) is 0.675. The van der Waals surface area contributed by atoms with Crippen molar-refractivity contribution < 1.29 is 0 Å². The van der Waals surface area contributed by atoms with Crippen molar-refractivity contribution in [3.8, 4) is 0 Å². The monoisotopic (exact) mass is 289 g/mol. The molecule has 0 saturated carbocycles. The summed E-state index contributed by atoms with van der Waals surface area (Å²) in [4.78, 5) is 26.7. The predicted octanol–water partition coefficient (Wildman–Crippen LogP) is 0.707. The van der Waals surface area contributed by atoms with Crippen LogP contribution < -0.4 is 10.9 Å². The van der Waals surface area contributed by atoms with E-state index in [0.717, 1.165) is 0 Å². The van der Waals surface area contributed by atoms with Crippen LogP contribution >= 0.6 is 12.2 Å². The van der Waals surface area contributed by atoms with Gasteiger partial charge >= 0.3 is 0 Å². The number of hydrogen-bond acceptors (Lipinski definition) is 6. The van der Waals surface area contributed by atoms with Gasteiger partial charge in [0.25, 0.3) is 5.56 Å². The first-order valence-electron chi connectivity index (χ1n) is 5.81. The number of aromatic nitrogens is 6. The van der Waals surface area contributed by atoms with Gasteiger partial charge in [0, 0.05) is 18.8 Å². The number of aromatic amines is 1. The van der Waals surface area contributed by atoms with Crippen molar-refractivity contribution in [1.29, 1.82) is 0 Å². The molecule has 0 amide bonds. The summed E-state index contributed by atoms with van der Waals surface area (Å²) >= 11 is 5.17. The fourth-order valence-corrected chi connectivity index (χ4v) is 2.11. The molecule has 3 heterocycles. The van der Waals surface area contributed by atoms with Gasteiger partial charge in [-0.15, -0.1) is 0 Å². The topological polar surface area (TPSA) is 93.4 Å². The number of nitrogens with one attached hydrogen (secondary N) is 2. The lowest BCUT2D eigenvalue weighted by molar-refractivity contribution is 0.633. The Bertz CT molecular complexity index is 907. The minimum atomic E-state index is -0.207. The Hall–Kier alpha value is -2.55. The number of fused-ring (bicyclic) bond motifs is 1. The van der Waals surface area contributed by atoms with E-state index in [1.165, 1.54) is 6.33 Å². The maximum Gasteiger partial charge on any atom is 0.254 e. The Morgan fingerprint density at radius 2 is 2.10 bits per heavy atom. The average molecular weight is 289 g/mol. The van der Waals surface area contributed by atoms with Gasteiger partial charge in [-0.2, -0.15) is 0 Å². The van der Waals surface area contributed by atoms with E-state index in [1.54, 1.807) is 35.8 Å². The van der Waals surface area contributed by atoms with E-state index in [0.29, 0.717) is 22.5 Å². The molecule has 0 atom stereocenters. The van der Waals surface area contributed by atoms with Gasteiger partial charge in [0.1, 0.15) is 12.7 Å². The molecular formula is C11H11N7OS. The van der Waals surface area contributed by atoms with Crippen molar-refractivity contribution in [3.05, 3.63) is 39.5 Å². The fourth-order valence-electron chi connectivity index (χ4n) is 1.88. The van der Waals surface area contributed by atoms with Crippen molar-refractivity contribution >= 4 is 29.2 Å². The molecule has 20 heavy (non-hydrogen) atoms. The molecule has 0 aromatic carbocycles. The third kappa shape index (κ3) is 1.79. The molecule has 0 unspecified atom stereocenters. The number of rotatable bonds is 2. The van der Waals surface area contributed by atoms with Gasteiger partial charge in [-0.3, -0.25) is 9.78 Å². The molecule has 0 radical (unpaired) electrons. The Morgan fingerprint density at radius 1 is 1.30 bits per heavy atom. The minimum Gasteiger partial charge on any atom is -0.371 e. The van der Waals surface area contributed by atoms with E-state index in [4.69, 9.17) is 12.2 Å². The molecule has 0 aliphatic carbocycles. The highest BCUT2D eigenvalue weighted by atomic mass is 32.1. The lowest BCUT2D eigenvalue weighted by Crippen LogP contribution is -2.19. The molecule has 3 aromatic heterocycles. The molecule has 0 spiro atoms. The highest BCUT2D eigenvalue weighted by molar-refractivity contribution is 7.71. The van der Waals surface area contributed by atoms with E-state index in [9.17, 15) is 4.79 Å². The second-order valence-electron chi connectivity index (χ2n) is 4.15. The Balaban J connectivity index is 2.34. The van der Waals surface area contributed by atoms with Crippen LogP contribution in [0.2, 0.25) is 0 Å². The first kappa shape index (κ1) is 12.5. The second kappa shape index (κ2) is 4.53. The molecule has 2 N–H and O–H groups in total. The zero-order valence-electron chi connectivity index (χ0n) is 10.8. The standard InChI is InChI=1S/C11H11N7OS/c1-6-3-17(11(20)16-10(6)19)18-5-15-7-8(12-2)13-4-14-9(7)18/h3-5H,1-2H3,(H,12,13,14)(H,16,19,20). The van der Waals surface area contributed by atoms with Crippen LogP contribution in [-0.2, 0) is 0 Å². The lowest BCUT2D eigenvalue weighted by Gasteiger charge is -2.08. The van der Waals surface area contributed by atoms with Crippen molar-refractivity contribution in [1.82, 2.24) is 29.3 Å². The summed E-state index contributed by atoms with van der Waals surface area (Å²) in [5, 5.41) is 2.95. The van der Waals surface area contributed by atoms with Crippen LogP contribution in [0.25, 0.3) is 11.2 Å². The van der Waals surface area contributed by atoms with Gasteiger partial charge in [0.05, 0.1) is 0 Å². The van der Waals surface area contributed by atoms with E-state index in [1.807, 2.05) is 0 Å². The van der Waals surface area contributed by atoms with E-state index in [-0.39, 0.29) is 10.3 Å². The van der Waals surface area contributed by atoms with Crippen LogP contribution in [0, 0.1) is 11.7 Å². The predicted molar refractivity (Wildman–Crippen MR) is 76.3 cm³/mol. The fraction of sp³-hybridized carbons (Fsp3) is 0.182. The molecule has 0 aliphatic rings. The summed E-state index contributed by atoms with van der Waals surface area (Å²) in [6, 6.07) is 0. The molecule has 0 saturated heterocycles. The van der Waals surface area contributed by atoms with Crippen molar-refractivity contribution in [2.24, 2.45) is 0 Å². The molecule has 8 nitrogen and oxygen atoms in total. The third-order valence-electron chi connectivity index (χ3n) is 2.89. The highest BCUT2D eigenvalue weighted by Crippen LogP contribution is 2.16. The first-order valence-corrected chi connectivity index (χ1v) is 6.21. The van der Waals surface area contributed by atoms with Crippen LogP contribution in [0.15, 0.2) is 23.6 Å². The van der Waals surface area contributed by atoms with Crippen LogP contribution in [0.3, 0.4) is 0 Å². The van der Waals surface area contributed by atoms with Gasteiger partial charge in [0.2, 0.25) is 0 Å². The van der Waals surface area contributed by atoms with Crippen molar-refractivity contribution in [2.45, 2.75) is 6.92 Å². The van der Waals surface area contributed by atoms with Crippen LogP contribution in [0.1, 0.15) is 5.56 Å². The van der Waals surface area contributed by atoms with Crippen molar-refractivity contribution in [3.63, 3.8) is 0 Å². The van der Waals surface area contributed by atoms with E-state index >= 15 is 0 Å². The number of hydrogen-bond donors (Lipinski definition) is 2. The highest BCUT2D eigenvalue weighted by Gasteiger charge is 2.10. The maximum atomic E-state index is 11.5. The molecule has 3 aromatic rings. The number of nitrogens with zero attached hydrogens (tertiary/aromatic N) is 5. The normalized spacial score (nSPS) is 10.9. The summed E-state index contributed by atoms with van der Waals surface area (Å²) in [5.74, 6) is 0.626. The van der Waals surface area contributed by atoms with Crippen LogP contribution in [0.5, 0.6) is 0 Å². The molecular weight excluding hydrogens is 278 g/mol. The molecule has 9 heteroatoms. The number of imidazole rings is 1. The summed E-state index contributed by atoms with van der Waals surface area (Å²) in [7, 11) is 1.76. The van der Waals surface area contributed by atoms with Gasteiger partial charge in [0.15, 0.2) is 21.8 Å². The number of aryl methyl sites for hydroxylation is 1. The van der Waals surface area contributed by atoms with Crippen LogP contribution in [0.4, 0.5) is 5.82 Å². The SMILES string of the molecule is CNc1ncnc2c1ncn2-n1cc(C)c(=O)[nH]c1=S. The molecule has 0 bridgehead atoms. The molecule has 0 aliphatic heterocycles. The maximum absolute atomic E-state index is 11.5. The van der Waals surface area contributed by atoms with Crippen molar-refractivity contribution in [2.75, 3.05) is 12.4 Å². The summed E-state index contributed by atoms with van der Waals surface area (Å²) in [5.41, 5.74) is 1.55. The zero-order chi connectivity index (χ0) is 14.3. The summed E-state index contributed by atoms with van der Waals surface area (Å²) in [6.45, 7) is 1.71. The largest absolute Gasteiger partial charge is 0.371 e. The Morgan fingerprint density at radius 3 is 2.85 bits per heavy atom. The van der Waals surface area contributed by atoms with Gasteiger partial charge in [-0.25, -0.2) is 24.3 Å². The Labute approximate surface area is 118 Å². The second-order valence-corrected chi connectivity index (χ2v) is 4.54. The van der Waals surface area contributed by atoms with E-state index in [2.05, 4.69) is 25.3 Å². The first-order chi connectivity index (χ1) is 9.61. The lowest BCUT2D eigenvalue weighted by atomic mass is 10.4. The molecule has 0 fully saturated rings. The van der Waals surface area contributed by atoms with E-state index < -0.39 is 0 Å². The van der Waals surface area contributed by atoms with Gasteiger partial charge in [-0.05, 0) is 19.1 Å². The smallest absolute Gasteiger partial charge is 0.254 e. The molecule has 102 valence electrons. The van der Waals surface area contributed by atoms with Gasteiger partial charge < -0.3 is 5.32 Å². The summed E-state index contributed by atoms with van der Waals surface area (Å²) < 4.78 is 3.53. The van der Waals surface area contributed by atoms with Crippen LogP contribution in [-0.4, -0.2) is 36.3 Å². The molecule has 3 rings (SSSR count). The van der Waals surface area contributed by atoms with Gasteiger partial charge in [-0.1, -0.05) is 0 Å². The minimum absolute atomic E-state index is 0.207. The number of anilines is 1. The Kier molecular flexibility index (Phi) is 2.83. The third-order valence-corrected chi connectivity index (χ3v) is 3.18. The zero-order valence-corrected chi connectivity index (χ0v) is 11.6. The number of H-pyrrole nitrogens is 1.